The van der Waals surface area contributed by atoms with Crippen molar-refractivity contribution >= 4 is 45.5 Å². The van der Waals surface area contributed by atoms with Crippen LogP contribution >= 0.6 is 22.9 Å². The van der Waals surface area contributed by atoms with Crippen LogP contribution in [-0.2, 0) is 11.3 Å². The van der Waals surface area contributed by atoms with Gasteiger partial charge in [0.25, 0.3) is 5.56 Å². The summed E-state index contributed by atoms with van der Waals surface area (Å²) in [5.41, 5.74) is 2.35. The van der Waals surface area contributed by atoms with Crippen molar-refractivity contribution in [3.8, 4) is 0 Å². The van der Waals surface area contributed by atoms with Crippen LogP contribution < -0.4 is 10.9 Å². The summed E-state index contributed by atoms with van der Waals surface area (Å²) in [7, 11) is 0. The number of carbonyl (C=O) groups excluding carboxylic acids is 2. The minimum absolute atomic E-state index is 0.0708. The number of benzene rings is 1. The van der Waals surface area contributed by atoms with E-state index in [1.54, 1.807) is 41.0 Å². The molecule has 2 amide bonds. The van der Waals surface area contributed by atoms with Crippen molar-refractivity contribution in [1.29, 1.82) is 0 Å². The van der Waals surface area contributed by atoms with Crippen LogP contribution in [0.25, 0.3) is 10.8 Å². The summed E-state index contributed by atoms with van der Waals surface area (Å²) in [6.45, 7) is 2.24. The first-order chi connectivity index (χ1) is 14.9. The van der Waals surface area contributed by atoms with Gasteiger partial charge in [0.05, 0.1) is 29.2 Å². The number of thiazole rings is 1. The summed E-state index contributed by atoms with van der Waals surface area (Å²) in [5.74, 6) is -0.290. The molecule has 2 N–H and O–H groups in total. The van der Waals surface area contributed by atoms with Gasteiger partial charge in [-0.25, -0.2) is 4.79 Å². The van der Waals surface area contributed by atoms with Crippen LogP contribution in [0.1, 0.15) is 23.4 Å². The van der Waals surface area contributed by atoms with E-state index < -0.39 is 6.04 Å². The van der Waals surface area contributed by atoms with E-state index in [4.69, 9.17) is 11.6 Å². The Hall–Kier alpha value is -3.23. The molecule has 0 aliphatic heterocycles. The average molecular weight is 455 g/mol. The topological polar surface area (TPSA) is 95.2 Å². The fourth-order valence-corrected chi connectivity index (χ4v) is 4.29. The number of nitrogens with one attached hydrogen (secondary N) is 2. The Balaban J connectivity index is 1.68. The van der Waals surface area contributed by atoms with Crippen LogP contribution in [-0.4, -0.2) is 32.7 Å². The first kappa shape index (κ1) is 21.0. The SMILES string of the molecule is CC(c1c[nH]c(=O)c2ccccc12)N(Cc1cncs1)C(=O)NC1C=CC(=O)C(Cl)=C1. The molecule has 0 radical (unpaired) electrons. The number of aromatic nitrogens is 2. The predicted octanol–water partition coefficient (Wildman–Crippen LogP) is 3.89. The summed E-state index contributed by atoms with van der Waals surface area (Å²) in [4.78, 5) is 46.5. The Labute approximate surface area is 187 Å². The van der Waals surface area contributed by atoms with Crippen molar-refractivity contribution in [1.82, 2.24) is 20.2 Å². The van der Waals surface area contributed by atoms with Gasteiger partial charge in [-0.05, 0) is 36.1 Å². The van der Waals surface area contributed by atoms with Crippen molar-refractivity contribution in [2.24, 2.45) is 0 Å². The number of nitrogens with zero attached hydrogens (tertiary/aromatic N) is 2. The van der Waals surface area contributed by atoms with Crippen LogP contribution in [0, 0.1) is 0 Å². The molecule has 2 unspecified atom stereocenters. The zero-order valence-electron chi connectivity index (χ0n) is 16.5. The van der Waals surface area contributed by atoms with Gasteiger partial charge >= 0.3 is 6.03 Å². The number of H-pyrrole nitrogens is 1. The summed E-state index contributed by atoms with van der Waals surface area (Å²) >= 11 is 7.39. The monoisotopic (exact) mass is 454 g/mol. The zero-order chi connectivity index (χ0) is 22.0. The summed E-state index contributed by atoms with van der Waals surface area (Å²) in [6, 6.07) is 6.11. The Bertz CT molecular complexity index is 1250. The Morgan fingerprint density at radius 2 is 2.10 bits per heavy atom. The number of hydrogen-bond acceptors (Lipinski definition) is 5. The number of allylic oxidation sites excluding steroid dienone is 2. The molecule has 2 atom stereocenters. The molecule has 1 aromatic carbocycles. The number of aromatic amines is 1. The van der Waals surface area contributed by atoms with Gasteiger partial charge in [0.15, 0.2) is 5.78 Å². The summed E-state index contributed by atoms with van der Waals surface area (Å²) < 4.78 is 0. The van der Waals surface area contributed by atoms with E-state index in [1.807, 2.05) is 19.1 Å². The molecule has 1 aliphatic rings. The van der Waals surface area contributed by atoms with Gasteiger partial charge in [-0.2, -0.15) is 0 Å². The highest BCUT2D eigenvalue weighted by Crippen LogP contribution is 2.28. The molecular formula is C22H19ClN4O3S. The third-order valence-electron chi connectivity index (χ3n) is 5.14. The molecular weight excluding hydrogens is 436 g/mol. The van der Waals surface area contributed by atoms with Crippen molar-refractivity contribution in [2.45, 2.75) is 25.6 Å². The highest BCUT2D eigenvalue weighted by Gasteiger charge is 2.26. The fourth-order valence-electron chi connectivity index (χ4n) is 3.50. The van der Waals surface area contributed by atoms with Crippen molar-refractivity contribution in [2.75, 3.05) is 0 Å². The van der Waals surface area contributed by atoms with Gasteiger partial charge < -0.3 is 15.2 Å². The lowest BCUT2D eigenvalue weighted by atomic mass is 10.0. The van der Waals surface area contributed by atoms with Gasteiger partial charge in [0.2, 0.25) is 0 Å². The lowest BCUT2D eigenvalue weighted by Gasteiger charge is -2.31. The molecule has 1 aliphatic carbocycles. The van der Waals surface area contributed by atoms with Crippen molar-refractivity contribution in [3.05, 3.63) is 86.2 Å². The second-order valence-corrected chi connectivity index (χ2v) is 8.48. The quantitative estimate of drug-likeness (QED) is 0.611. The third kappa shape index (κ3) is 4.45. The van der Waals surface area contributed by atoms with Crippen molar-refractivity contribution < 1.29 is 9.59 Å². The second-order valence-electron chi connectivity index (χ2n) is 7.10. The molecule has 3 aromatic rings. The molecule has 9 heteroatoms. The van der Waals surface area contributed by atoms with Crippen LogP contribution in [0.2, 0.25) is 0 Å². The van der Waals surface area contributed by atoms with Crippen molar-refractivity contribution in [3.63, 3.8) is 0 Å². The summed E-state index contributed by atoms with van der Waals surface area (Å²) in [6.07, 6.45) is 7.82. The summed E-state index contributed by atoms with van der Waals surface area (Å²) in [5, 5.41) is 4.31. The molecule has 0 bridgehead atoms. The molecule has 2 aromatic heterocycles. The number of ketones is 1. The second kappa shape index (κ2) is 8.87. The van der Waals surface area contributed by atoms with E-state index >= 15 is 0 Å². The first-order valence-electron chi connectivity index (χ1n) is 9.58. The number of pyridine rings is 1. The molecule has 0 saturated carbocycles. The maximum Gasteiger partial charge on any atom is 0.318 e. The van der Waals surface area contributed by atoms with Crippen LogP contribution in [0.3, 0.4) is 0 Å². The van der Waals surface area contributed by atoms with Gasteiger partial charge in [0, 0.05) is 22.7 Å². The van der Waals surface area contributed by atoms with Crippen LogP contribution in [0.5, 0.6) is 0 Å². The van der Waals surface area contributed by atoms with E-state index in [1.165, 1.54) is 23.5 Å². The number of halogens is 1. The molecule has 7 nitrogen and oxygen atoms in total. The molecule has 31 heavy (non-hydrogen) atoms. The molecule has 0 saturated heterocycles. The fraction of sp³-hybridized carbons (Fsp3) is 0.182. The number of hydrogen-bond donors (Lipinski definition) is 2. The lowest BCUT2D eigenvalue weighted by Crippen LogP contribution is -2.45. The molecule has 2 heterocycles. The van der Waals surface area contributed by atoms with E-state index in [9.17, 15) is 14.4 Å². The molecule has 0 spiro atoms. The molecule has 158 valence electrons. The van der Waals surface area contributed by atoms with Gasteiger partial charge in [-0.1, -0.05) is 35.9 Å². The number of urea groups is 1. The highest BCUT2D eigenvalue weighted by atomic mass is 35.5. The number of rotatable bonds is 5. The normalized spacial score (nSPS) is 16.8. The van der Waals surface area contributed by atoms with Gasteiger partial charge in [-0.3, -0.25) is 14.6 Å². The zero-order valence-corrected chi connectivity index (χ0v) is 18.1. The Morgan fingerprint density at radius 1 is 1.32 bits per heavy atom. The number of carbonyl (C=O) groups is 2. The largest absolute Gasteiger partial charge is 0.328 e. The van der Waals surface area contributed by atoms with Gasteiger partial charge in [0.1, 0.15) is 0 Å². The van der Waals surface area contributed by atoms with E-state index in [0.717, 1.165) is 15.8 Å². The Morgan fingerprint density at radius 3 is 2.81 bits per heavy atom. The molecule has 0 fully saturated rings. The van der Waals surface area contributed by atoms with Gasteiger partial charge in [-0.15, -0.1) is 11.3 Å². The molecule has 4 rings (SSSR count). The average Bonchev–Trinajstić information content (AvgIpc) is 3.28. The van der Waals surface area contributed by atoms with Crippen LogP contribution in [0.4, 0.5) is 4.79 Å². The first-order valence-corrected chi connectivity index (χ1v) is 10.8. The smallest absolute Gasteiger partial charge is 0.318 e. The maximum atomic E-state index is 13.3. The maximum absolute atomic E-state index is 13.3. The van der Waals surface area contributed by atoms with E-state index in [0.29, 0.717) is 11.9 Å². The standard InChI is InChI=1S/C22H19ClN4O3S/c1-13(18-10-25-21(29)17-5-3-2-4-16(17)18)27(11-15-9-24-12-31-15)22(30)26-14-6-7-20(28)19(23)8-14/h2-10,12-14H,11H2,1H3,(H,25,29)(H,26,30). The number of fused-ring (bicyclic) bond motifs is 1. The minimum Gasteiger partial charge on any atom is -0.328 e. The van der Waals surface area contributed by atoms with Crippen LogP contribution in [0.15, 0.2) is 70.2 Å². The lowest BCUT2D eigenvalue weighted by molar-refractivity contribution is -0.110. The predicted molar refractivity (Wildman–Crippen MR) is 121 cm³/mol. The Kier molecular flexibility index (Phi) is 6.01. The minimum atomic E-state index is -0.499. The van der Waals surface area contributed by atoms with E-state index in [2.05, 4.69) is 15.3 Å². The highest BCUT2D eigenvalue weighted by molar-refractivity contribution is 7.09. The van der Waals surface area contributed by atoms with E-state index in [-0.39, 0.29) is 28.4 Å². The number of amides is 2. The third-order valence-corrected chi connectivity index (χ3v) is 6.21.